The van der Waals surface area contributed by atoms with Gasteiger partial charge in [0.2, 0.25) is 0 Å². The molecule has 2 rings (SSSR count). The topological polar surface area (TPSA) is 29.5 Å². The fourth-order valence-corrected chi connectivity index (χ4v) is 1.72. The first-order valence-electron chi connectivity index (χ1n) is 5.94. The Balaban J connectivity index is 2.17. The first kappa shape index (κ1) is 14.2. The Kier molecular flexibility index (Phi) is 4.86. The van der Waals surface area contributed by atoms with Crippen molar-refractivity contribution in [3.05, 3.63) is 59.4 Å². The van der Waals surface area contributed by atoms with Gasteiger partial charge >= 0.3 is 0 Å². The summed E-state index contributed by atoms with van der Waals surface area (Å²) in [5, 5.41) is 9.37. The van der Waals surface area contributed by atoms with Crippen molar-refractivity contribution < 1.29 is 14.2 Å². The van der Waals surface area contributed by atoms with Crippen molar-refractivity contribution in [2.45, 2.75) is 6.61 Å². The lowest BCUT2D eigenvalue weighted by atomic mass is 10.2. The van der Waals surface area contributed by atoms with E-state index in [0.717, 1.165) is 5.56 Å². The standard InChI is InChI=1S/C16H12ClFO2/c17-8-2-4-13-6-7-14(18)10-16(13)20-11-12-3-1-5-15(19)9-12/h1,3,5-7,9-10,19H,8,11H2. The highest BCUT2D eigenvalue weighted by Crippen LogP contribution is 2.21. The molecule has 0 aliphatic rings. The highest BCUT2D eigenvalue weighted by atomic mass is 35.5. The molecule has 0 heterocycles. The molecular formula is C16H12ClFO2. The number of phenolic OH excluding ortho intramolecular Hbond substituents is 1. The van der Waals surface area contributed by atoms with Crippen LogP contribution in [0.15, 0.2) is 42.5 Å². The second-order valence-corrected chi connectivity index (χ2v) is 4.30. The van der Waals surface area contributed by atoms with Crippen LogP contribution in [0.4, 0.5) is 4.39 Å². The maximum Gasteiger partial charge on any atom is 0.138 e. The molecule has 1 N–H and O–H groups in total. The van der Waals surface area contributed by atoms with E-state index in [2.05, 4.69) is 11.8 Å². The van der Waals surface area contributed by atoms with Crippen molar-refractivity contribution in [2.75, 3.05) is 5.88 Å². The van der Waals surface area contributed by atoms with Crippen LogP contribution in [0.1, 0.15) is 11.1 Å². The summed E-state index contributed by atoms with van der Waals surface area (Å²) < 4.78 is 18.8. The van der Waals surface area contributed by atoms with Crippen LogP contribution in [0.5, 0.6) is 11.5 Å². The van der Waals surface area contributed by atoms with Gasteiger partial charge in [0.15, 0.2) is 0 Å². The van der Waals surface area contributed by atoms with E-state index in [0.29, 0.717) is 11.3 Å². The normalized spacial score (nSPS) is 9.70. The summed E-state index contributed by atoms with van der Waals surface area (Å²) in [6, 6.07) is 10.8. The molecule has 0 fully saturated rings. The lowest BCUT2D eigenvalue weighted by Crippen LogP contribution is -1.98. The minimum Gasteiger partial charge on any atom is -0.508 e. The Hall–Kier alpha value is -2.18. The van der Waals surface area contributed by atoms with Gasteiger partial charge in [-0.15, -0.1) is 11.6 Å². The quantitative estimate of drug-likeness (QED) is 0.690. The minimum absolute atomic E-state index is 0.160. The molecule has 2 nitrogen and oxygen atoms in total. The zero-order valence-corrected chi connectivity index (χ0v) is 11.3. The average molecular weight is 291 g/mol. The first-order valence-corrected chi connectivity index (χ1v) is 6.47. The van der Waals surface area contributed by atoms with Gasteiger partial charge in [0, 0.05) is 6.07 Å². The molecule has 0 aliphatic heterocycles. The Labute approximate surface area is 121 Å². The van der Waals surface area contributed by atoms with Crippen molar-refractivity contribution in [1.82, 2.24) is 0 Å². The number of aromatic hydroxyl groups is 1. The molecule has 0 aliphatic carbocycles. The molecule has 20 heavy (non-hydrogen) atoms. The summed E-state index contributed by atoms with van der Waals surface area (Å²) in [6.07, 6.45) is 0. The number of benzene rings is 2. The Morgan fingerprint density at radius 1 is 1.20 bits per heavy atom. The maximum atomic E-state index is 13.3. The van der Waals surface area contributed by atoms with Crippen molar-refractivity contribution in [2.24, 2.45) is 0 Å². The molecule has 0 spiro atoms. The van der Waals surface area contributed by atoms with Gasteiger partial charge in [-0.3, -0.25) is 0 Å². The molecule has 4 heteroatoms. The molecule has 0 atom stereocenters. The number of ether oxygens (including phenoxy) is 1. The monoisotopic (exact) mass is 290 g/mol. The summed E-state index contributed by atoms with van der Waals surface area (Å²) in [5.74, 6) is 5.83. The van der Waals surface area contributed by atoms with Crippen LogP contribution < -0.4 is 4.74 Å². The summed E-state index contributed by atoms with van der Waals surface area (Å²) in [6.45, 7) is 0.216. The molecule has 0 aromatic heterocycles. The van der Waals surface area contributed by atoms with E-state index in [-0.39, 0.29) is 18.2 Å². The van der Waals surface area contributed by atoms with Gasteiger partial charge in [-0.05, 0) is 29.8 Å². The third-order valence-corrected chi connectivity index (χ3v) is 2.67. The van der Waals surface area contributed by atoms with E-state index >= 15 is 0 Å². The number of hydrogen-bond donors (Lipinski definition) is 1. The molecule has 2 aromatic rings. The predicted molar refractivity (Wildman–Crippen MR) is 76.4 cm³/mol. The van der Waals surface area contributed by atoms with Crippen LogP contribution in [0.3, 0.4) is 0 Å². The third-order valence-electron chi connectivity index (χ3n) is 2.54. The Bertz CT molecular complexity index is 659. The van der Waals surface area contributed by atoms with Crippen molar-refractivity contribution in [3.63, 3.8) is 0 Å². The third kappa shape index (κ3) is 3.91. The molecule has 0 radical (unpaired) electrons. The summed E-state index contributed by atoms with van der Waals surface area (Å²) in [5.41, 5.74) is 1.36. The second-order valence-electron chi connectivity index (χ2n) is 4.03. The van der Waals surface area contributed by atoms with Gasteiger partial charge in [-0.2, -0.15) is 0 Å². The van der Waals surface area contributed by atoms with Gasteiger partial charge in [-0.25, -0.2) is 4.39 Å². The van der Waals surface area contributed by atoms with Crippen molar-refractivity contribution in [1.29, 1.82) is 0 Å². The first-order chi connectivity index (χ1) is 9.69. The van der Waals surface area contributed by atoms with E-state index in [1.165, 1.54) is 12.1 Å². The average Bonchev–Trinajstić information content (AvgIpc) is 2.44. The summed E-state index contributed by atoms with van der Waals surface area (Å²) in [4.78, 5) is 0. The maximum absolute atomic E-state index is 13.3. The van der Waals surface area contributed by atoms with Crippen LogP contribution in [-0.2, 0) is 6.61 Å². The van der Waals surface area contributed by atoms with E-state index in [9.17, 15) is 9.50 Å². The second kappa shape index (κ2) is 6.83. The molecule has 0 saturated carbocycles. The highest BCUT2D eigenvalue weighted by molar-refractivity contribution is 6.19. The SMILES string of the molecule is Oc1cccc(COc2cc(F)ccc2C#CCCl)c1. The molecule has 0 bridgehead atoms. The molecular weight excluding hydrogens is 279 g/mol. The molecule has 0 amide bonds. The molecule has 102 valence electrons. The Morgan fingerprint density at radius 2 is 2.05 bits per heavy atom. The predicted octanol–water partition coefficient (Wildman–Crippen LogP) is 3.70. The van der Waals surface area contributed by atoms with Crippen LogP contribution in [0.25, 0.3) is 0 Å². The lowest BCUT2D eigenvalue weighted by Gasteiger charge is -2.09. The van der Waals surface area contributed by atoms with Crippen LogP contribution in [0, 0.1) is 17.7 Å². The fraction of sp³-hybridized carbons (Fsp3) is 0.125. The highest BCUT2D eigenvalue weighted by Gasteiger charge is 2.04. The van der Waals surface area contributed by atoms with E-state index < -0.39 is 5.82 Å². The zero-order chi connectivity index (χ0) is 14.4. The van der Waals surface area contributed by atoms with Crippen LogP contribution in [0.2, 0.25) is 0 Å². The van der Waals surface area contributed by atoms with Gasteiger partial charge in [-0.1, -0.05) is 24.0 Å². The van der Waals surface area contributed by atoms with E-state index in [1.54, 1.807) is 24.3 Å². The zero-order valence-electron chi connectivity index (χ0n) is 10.6. The van der Waals surface area contributed by atoms with E-state index in [1.807, 2.05) is 6.07 Å². The molecule has 2 aromatic carbocycles. The number of rotatable bonds is 3. The van der Waals surface area contributed by atoms with Gasteiger partial charge in [0.05, 0.1) is 11.4 Å². The van der Waals surface area contributed by atoms with Gasteiger partial charge < -0.3 is 9.84 Å². The fourth-order valence-electron chi connectivity index (χ4n) is 1.65. The smallest absolute Gasteiger partial charge is 0.138 e. The number of halogens is 2. The summed E-state index contributed by atoms with van der Waals surface area (Å²) in [7, 11) is 0. The number of alkyl halides is 1. The number of phenols is 1. The van der Waals surface area contributed by atoms with Crippen LogP contribution in [-0.4, -0.2) is 11.0 Å². The van der Waals surface area contributed by atoms with Gasteiger partial charge in [0.25, 0.3) is 0 Å². The van der Waals surface area contributed by atoms with Crippen LogP contribution >= 0.6 is 11.6 Å². The van der Waals surface area contributed by atoms with Crippen molar-refractivity contribution >= 4 is 11.6 Å². The lowest BCUT2D eigenvalue weighted by molar-refractivity contribution is 0.303. The minimum atomic E-state index is -0.396. The molecule has 0 saturated heterocycles. The molecule has 0 unspecified atom stereocenters. The van der Waals surface area contributed by atoms with E-state index in [4.69, 9.17) is 16.3 Å². The van der Waals surface area contributed by atoms with Crippen molar-refractivity contribution in [3.8, 4) is 23.3 Å². The summed E-state index contributed by atoms with van der Waals surface area (Å²) >= 11 is 5.51. The number of hydrogen-bond acceptors (Lipinski definition) is 2. The Morgan fingerprint density at radius 3 is 2.80 bits per heavy atom. The largest absolute Gasteiger partial charge is 0.508 e. The van der Waals surface area contributed by atoms with Gasteiger partial charge in [0.1, 0.15) is 23.9 Å².